The maximum atomic E-state index is 12.9. The number of hydrogen-bond donors (Lipinski definition) is 1. The van der Waals surface area contributed by atoms with Crippen molar-refractivity contribution in [2.24, 2.45) is 11.8 Å². The monoisotopic (exact) mass is 396 g/mol. The Balaban J connectivity index is 1.32. The van der Waals surface area contributed by atoms with Crippen molar-refractivity contribution in [1.82, 2.24) is 20.2 Å². The van der Waals surface area contributed by atoms with E-state index in [9.17, 15) is 9.59 Å². The van der Waals surface area contributed by atoms with Gasteiger partial charge in [0.2, 0.25) is 5.91 Å². The van der Waals surface area contributed by atoms with Crippen molar-refractivity contribution >= 4 is 22.8 Å². The number of ether oxygens (including phenoxy) is 1. The molecule has 4 rings (SSSR count). The Kier molecular flexibility index (Phi) is 5.76. The Morgan fingerprint density at radius 3 is 2.52 bits per heavy atom. The number of amides is 2. The second-order valence-corrected chi connectivity index (χ2v) is 8.14. The highest BCUT2D eigenvalue weighted by molar-refractivity contribution is 5.97. The average Bonchev–Trinajstić information content (AvgIpc) is 3.27. The molecule has 3 heterocycles. The fourth-order valence-corrected chi connectivity index (χ4v) is 4.02. The van der Waals surface area contributed by atoms with Crippen LogP contribution in [0.15, 0.2) is 18.2 Å². The van der Waals surface area contributed by atoms with E-state index in [-0.39, 0.29) is 17.7 Å². The van der Waals surface area contributed by atoms with Crippen LogP contribution in [0.25, 0.3) is 11.0 Å². The molecular weight excluding hydrogens is 368 g/mol. The summed E-state index contributed by atoms with van der Waals surface area (Å²) < 4.78 is 5.28. The zero-order valence-electron chi connectivity index (χ0n) is 17.1. The molecule has 0 bridgehead atoms. The zero-order valence-corrected chi connectivity index (χ0v) is 17.1. The standard InChI is InChI=1S/C22H28N4O3/c1-14-15(2)25-20-11-17(3-4-19(20)24-14)22(28)26-8-5-16(6-9-26)12-23-21(27)18-7-10-29-13-18/h3-4,11,16,18H,5-10,12-13H2,1-2H3,(H,23,27). The molecule has 2 fully saturated rings. The lowest BCUT2D eigenvalue weighted by molar-refractivity contribution is -0.125. The molecule has 1 atom stereocenters. The molecule has 7 nitrogen and oxygen atoms in total. The fraction of sp³-hybridized carbons (Fsp3) is 0.545. The summed E-state index contributed by atoms with van der Waals surface area (Å²) in [6, 6.07) is 5.55. The number of carbonyl (C=O) groups excluding carboxylic acids is 2. The minimum absolute atomic E-state index is 0.0000869. The van der Waals surface area contributed by atoms with Crippen molar-refractivity contribution in [2.75, 3.05) is 32.8 Å². The largest absolute Gasteiger partial charge is 0.381 e. The van der Waals surface area contributed by atoms with Gasteiger partial charge in [0.05, 0.1) is 34.9 Å². The van der Waals surface area contributed by atoms with Crippen molar-refractivity contribution in [1.29, 1.82) is 0 Å². The number of hydrogen-bond acceptors (Lipinski definition) is 5. The van der Waals surface area contributed by atoms with E-state index in [1.54, 1.807) is 0 Å². The molecular formula is C22H28N4O3. The number of carbonyl (C=O) groups is 2. The predicted molar refractivity (Wildman–Crippen MR) is 110 cm³/mol. The second-order valence-electron chi connectivity index (χ2n) is 8.14. The number of aryl methyl sites for hydroxylation is 2. The van der Waals surface area contributed by atoms with Crippen LogP contribution in [0.5, 0.6) is 0 Å². The van der Waals surface area contributed by atoms with Crippen LogP contribution in [0.4, 0.5) is 0 Å². The first-order chi connectivity index (χ1) is 14.0. The minimum Gasteiger partial charge on any atom is -0.381 e. The summed E-state index contributed by atoms with van der Waals surface area (Å²) >= 11 is 0. The molecule has 0 saturated carbocycles. The third-order valence-electron chi connectivity index (χ3n) is 6.09. The summed E-state index contributed by atoms with van der Waals surface area (Å²) in [5.41, 5.74) is 4.02. The lowest BCUT2D eigenvalue weighted by atomic mass is 9.95. The van der Waals surface area contributed by atoms with E-state index in [4.69, 9.17) is 4.74 Å². The molecule has 0 aliphatic carbocycles. The lowest BCUT2D eigenvalue weighted by Gasteiger charge is -2.32. The van der Waals surface area contributed by atoms with Gasteiger partial charge in [-0.2, -0.15) is 0 Å². The second kappa shape index (κ2) is 8.45. The lowest BCUT2D eigenvalue weighted by Crippen LogP contribution is -2.42. The molecule has 154 valence electrons. The molecule has 2 saturated heterocycles. The smallest absolute Gasteiger partial charge is 0.253 e. The van der Waals surface area contributed by atoms with Crippen molar-refractivity contribution in [2.45, 2.75) is 33.1 Å². The summed E-state index contributed by atoms with van der Waals surface area (Å²) in [7, 11) is 0. The molecule has 1 unspecified atom stereocenters. The minimum atomic E-state index is 0.0000869. The van der Waals surface area contributed by atoms with E-state index >= 15 is 0 Å². The van der Waals surface area contributed by atoms with Crippen LogP contribution in [-0.2, 0) is 9.53 Å². The fourth-order valence-electron chi connectivity index (χ4n) is 4.02. The van der Waals surface area contributed by atoms with Crippen LogP contribution in [0.1, 0.15) is 41.0 Å². The summed E-state index contributed by atoms with van der Waals surface area (Å²) in [5, 5.41) is 3.06. The van der Waals surface area contributed by atoms with E-state index < -0.39 is 0 Å². The Morgan fingerprint density at radius 1 is 1.10 bits per heavy atom. The van der Waals surface area contributed by atoms with Gasteiger partial charge in [0, 0.05) is 31.8 Å². The number of aromatic nitrogens is 2. The van der Waals surface area contributed by atoms with Gasteiger partial charge in [-0.05, 0) is 57.2 Å². The average molecular weight is 396 g/mol. The first-order valence-electron chi connectivity index (χ1n) is 10.4. The van der Waals surface area contributed by atoms with Gasteiger partial charge in [-0.15, -0.1) is 0 Å². The number of benzene rings is 1. The van der Waals surface area contributed by atoms with Crippen LogP contribution in [-0.4, -0.2) is 59.5 Å². The maximum absolute atomic E-state index is 12.9. The normalized spacial score (nSPS) is 20.2. The molecule has 2 aliphatic heterocycles. The van der Waals surface area contributed by atoms with E-state index in [1.165, 1.54) is 0 Å². The highest BCUT2D eigenvalue weighted by atomic mass is 16.5. The molecule has 0 spiro atoms. The topological polar surface area (TPSA) is 84.4 Å². The number of piperidine rings is 1. The molecule has 2 aliphatic rings. The van der Waals surface area contributed by atoms with Gasteiger partial charge >= 0.3 is 0 Å². The number of nitrogens with one attached hydrogen (secondary N) is 1. The van der Waals surface area contributed by atoms with Crippen molar-refractivity contribution < 1.29 is 14.3 Å². The predicted octanol–water partition coefficient (Wildman–Crippen LogP) is 2.25. The first-order valence-corrected chi connectivity index (χ1v) is 10.4. The quantitative estimate of drug-likeness (QED) is 0.857. The summed E-state index contributed by atoms with van der Waals surface area (Å²) in [6.07, 6.45) is 2.62. The summed E-state index contributed by atoms with van der Waals surface area (Å²) in [5.74, 6) is 0.555. The number of likely N-dealkylation sites (tertiary alicyclic amines) is 1. The van der Waals surface area contributed by atoms with Crippen LogP contribution in [0.2, 0.25) is 0 Å². The van der Waals surface area contributed by atoms with Gasteiger partial charge in [0.25, 0.3) is 5.91 Å². The van der Waals surface area contributed by atoms with Gasteiger partial charge < -0.3 is 15.0 Å². The maximum Gasteiger partial charge on any atom is 0.253 e. The van der Waals surface area contributed by atoms with Crippen LogP contribution >= 0.6 is 0 Å². The van der Waals surface area contributed by atoms with Crippen LogP contribution in [0.3, 0.4) is 0 Å². The van der Waals surface area contributed by atoms with Gasteiger partial charge in [-0.3, -0.25) is 9.59 Å². The third-order valence-corrected chi connectivity index (χ3v) is 6.09. The van der Waals surface area contributed by atoms with E-state index in [1.807, 2.05) is 36.9 Å². The number of nitrogens with zero attached hydrogens (tertiary/aromatic N) is 3. The van der Waals surface area contributed by atoms with Crippen molar-refractivity contribution in [3.8, 4) is 0 Å². The molecule has 7 heteroatoms. The number of rotatable bonds is 4. The van der Waals surface area contributed by atoms with Crippen molar-refractivity contribution in [3.05, 3.63) is 35.2 Å². The highest BCUT2D eigenvalue weighted by Crippen LogP contribution is 2.21. The van der Waals surface area contributed by atoms with Crippen LogP contribution in [0, 0.1) is 25.7 Å². The van der Waals surface area contributed by atoms with E-state index in [0.29, 0.717) is 44.3 Å². The van der Waals surface area contributed by atoms with Gasteiger partial charge in [-0.1, -0.05) is 0 Å². The molecule has 0 radical (unpaired) electrons. The molecule has 2 aromatic rings. The third kappa shape index (κ3) is 4.40. The first kappa shape index (κ1) is 19.8. The number of fused-ring (bicyclic) bond motifs is 1. The SMILES string of the molecule is Cc1nc2ccc(C(=O)N3CCC(CNC(=O)C4CCOC4)CC3)cc2nc1C. The molecule has 1 N–H and O–H groups in total. The Bertz CT molecular complexity index is 916. The Hall–Kier alpha value is -2.54. The van der Waals surface area contributed by atoms with E-state index in [2.05, 4.69) is 15.3 Å². The Morgan fingerprint density at radius 2 is 1.83 bits per heavy atom. The Labute approximate surface area is 170 Å². The van der Waals surface area contributed by atoms with Gasteiger partial charge in [-0.25, -0.2) is 9.97 Å². The molecule has 1 aromatic heterocycles. The van der Waals surface area contributed by atoms with Crippen LogP contribution < -0.4 is 5.32 Å². The highest BCUT2D eigenvalue weighted by Gasteiger charge is 2.27. The van der Waals surface area contributed by atoms with Crippen molar-refractivity contribution in [3.63, 3.8) is 0 Å². The van der Waals surface area contributed by atoms with Gasteiger partial charge in [0.15, 0.2) is 0 Å². The molecule has 2 amide bonds. The summed E-state index contributed by atoms with van der Waals surface area (Å²) in [4.78, 5) is 36.1. The zero-order chi connectivity index (χ0) is 20.4. The molecule has 1 aromatic carbocycles. The van der Waals surface area contributed by atoms with Gasteiger partial charge in [0.1, 0.15) is 0 Å². The summed E-state index contributed by atoms with van der Waals surface area (Å²) in [6.45, 7) is 7.19. The van der Waals surface area contributed by atoms with E-state index in [0.717, 1.165) is 41.7 Å². The molecule has 29 heavy (non-hydrogen) atoms.